The number of nitrogens with zero attached hydrogens (tertiary/aromatic N) is 4. The molecule has 1 atom stereocenters. The highest BCUT2D eigenvalue weighted by Crippen LogP contribution is 2.19. The fraction of sp³-hybridized carbons (Fsp3) is 0.500. The molecule has 2 aromatic heterocycles. The minimum absolute atomic E-state index is 0.174. The Morgan fingerprint density at radius 3 is 2.88 bits per heavy atom. The Balaban J connectivity index is 2.35. The van der Waals surface area contributed by atoms with Crippen molar-refractivity contribution < 1.29 is 4.52 Å². The van der Waals surface area contributed by atoms with Gasteiger partial charge >= 0.3 is 0 Å². The molecule has 0 bridgehead atoms. The average molecular weight is 221 g/mol. The van der Waals surface area contributed by atoms with Crippen LogP contribution in [-0.2, 0) is 7.05 Å². The lowest BCUT2D eigenvalue weighted by Gasteiger charge is -1.99. The first-order valence-electron chi connectivity index (χ1n) is 5.22. The molecular weight excluding hydrogens is 206 g/mol. The van der Waals surface area contributed by atoms with E-state index < -0.39 is 0 Å². The molecule has 0 saturated carbocycles. The molecule has 0 saturated heterocycles. The van der Waals surface area contributed by atoms with E-state index in [-0.39, 0.29) is 6.04 Å². The van der Waals surface area contributed by atoms with Gasteiger partial charge in [0.05, 0.1) is 11.7 Å². The lowest BCUT2D eigenvalue weighted by atomic mass is 10.2. The van der Waals surface area contributed by atoms with Gasteiger partial charge in [0.1, 0.15) is 5.69 Å². The maximum atomic E-state index is 5.82. The Morgan fingerprint density at radius 1 is 1.56 bits per heavy atom. The zero-order valence-electron chi connectivity index (χ0n) is 9.64. The van der Waals surface area contributed by atoms with Crippen LogP contribution in [0.4, 0.5) is 0 Å². The van der Waals surface area contributed by atoms with Crippen LogP contribution in [0.2, 0.25) is 0 Å². The largest absolute Gasteiger partial charge is 0.332 e. The Labute approximate surface area is 93.4 Å². The molecule has 0 aliphatic rings. The van der Waals surface area contributed by atoms with Crippen molar-refractivity contribution in [3.63, 3.8) is 0 Å². The van der Waals surface area contributed by atoms with Gasteiger partial charge in [-0.05, 0) is 19.4 Å². The molecule has 0 aromatic carbocycles. The summed E-state index contributed by atoms with van der Waals surface area (Å²) in [6, 6.07) is 1.72. The van der Waals surface area contributed by atoms with Gasteiger partial charge in [0.15, 0.2) is 5.82 Å². The number of aromatic nitrogens is 4. The van der Waals surface area contributed by atoms with Crippen molar-refractivity contribution in [1.29, 1.82) is 0 Å². The van der Waals surface area contributed by atoms with E-state index in [2.05, 4.69) is 15.2 Å². The molecule has 2 rings (SSSR count). The standard InChI is InChI=1S/C10H15N5O/c1-4-7(11)9-12-10(16-14-9)8-5-6(2)13-15(8)3/h5,7H,4,11H2,1-3H3. The second-order valence-corrected chi connectivity index (χ2v) is 3.77. The second kappa shape index (κ2) is 4.05. The molecule has 0 aliphatic heterocycles. The van der Waals surface area contributed by atoms with Gasteiger partial charge in [-0.1, -0.05) is 12.1 Å². The first kappa shape index (κ1) is 10.8. The van der Waals surface area contributed by atoms with E-state index in [1.807, 2.05) is 27.0 Å². The van der Waals surface area contributed by atoms with E-state index in [0.29, 0.717) is 11.7 Å². The maximum Gasteiger partial charge on any atom is 0.276 e. The highest BCUT2D eigenvalue weighted by atomic mass is 16.5. The Bertz CT molecular complexity index is 487. The predicted octanol–water partition coefficient (Wildman–Crippen LogP) is 1.19. The molecule has 2 aromatic rings. The summed E-state index contributed by atoms with van der Waals surface area (Å²) in [4.78, 5) is 4.26. The van der Waals surface area contributed by atoms with Gasteiger partial charge in [0.2, 0.25) is 0 Å². The fourth-order valence-corrected chi connectivity index (χ4v) is 1.48. The quantitative estimate of drug-likeness (QED) is 0.841. The van der Waals surface area contributed by atoms with Gasteiger partial charge in [0, 0.05) is 7.05 Å². The molecule has 1 unspecified atom stereocenters. The number of hydrogen-bond acceptors (Lipinski definition) is 5. The summed E-state index contributed by atoms with van der Waals surface area (Å²) in [7, 11) is 1.84. The van der Waals surface area contributed by atoms with Crippen molar-refractivity contribution in [2.45, 2.75) is 26.3 Å². The van der Waals surface area contributed by atoms with Gasteiger partial charge in [-0.25, -0.2) is 0 Å². The topological polar surface area (TPSA) is 82.8 Å². The first-order chi connectivity index (χ1) is 7.61. The summed E-state index contributed by atoms with van der Waals surface area (Å²) in [6.07, 6.45) is 0.781. The van der Waals surface area contributed by atoms with Crippen LogP contribution in [0.15, 0.2) is 10.6 Å². The predicted molar refractivity (Wildman–Crippen MR) is 58.5 cm³/mol. The molecule has 0 aliphatic carbocycles. The maximum absolute atomic E-state index is 5.82. The third-order valence-corrected chi connectivity index (χ3v) is 2.43. The molecule has 0 fully saturated rings. The van der Waals surface area contributed by atoms with Crippen LogP contribution in [0, 0.1) is 6.92 Å². The van der Waals surface area contributed by atoms with Crippen LogP contribution < -0.4 is 5.73 Å². The van der Waals surface area contributed by atoms with Gasteiger partial charge < -0.3 is 10.3 Å². The second-order valence-electron chi connectivity index (χ2n) is 3.77. The van der Waals surface area contributed by atoms with Crippen LogP contribution in [0.25, 0.3) is 11.6 Å². The van der Waals surface area contributed by atoms with Crippen molar-refractivity contribution in [2.24, 2.45) is 12.8 Å². The minimum Gasteiger partial charge on any atom is -0.332 e. The summed E-state index contributed by atoms with van der Waals surface area (Å²) in [5.74, 6) is 0.998. The van der Waals surface area contributed by atoms with E-state index in [9.17, 15) is 0 Å². The highest BCUT2D eigenvalue weighted by molar-refractivity contribution is 5.47. The fourth-order valence-electron chi connectivity index (χ4n) is 1.48. The van der Waals surface area contributed by atoms with Gasteiger partial charge in [-0.2, -0.15) is 10.1 Å². The van der Waals surface area contributed by atoms with Crippen molar-refractivity contribution in [3.05, 3.63) is 17.6 Å². The molecule has 0 spiro atoms. The average Bonchev–Trinajstić information content (AvgIpc) is 2.83. The Kier molecular flexibility index (Phi) is 2.74. The molecular formula is C10H15N5O. The van der Waals surface area contributed by atoms with Crippen molar-refractivity contribution >= 4 is 0 Å². The number of nitrogens with two attached hydrogens (primary N) is 1. The monoisotopic (exact) mass is 221 g/mol. The van der Waals surface area contributed by atoms with Crippen molar-refractivity contribution in [1.82, 2.24) is 19.9 Å². The summed E-state index contributed by atoms with van der Waals surface area (Å²) >= 11 is 0. The van der Waals surface area contributed by atoms with E-state index in [1.54, 1.807) is 4.68 Å². The summed E-state index contributed by atoms with van der Waals surface area (Å²) in [6.45, 7) is 3.90. The number of aryl methyl sites for hydroxylation is 2. The zero-order chi connectivity index (χ0) is 11.7. The van der Waals surface area contributed by atoms with Crippen LogP contribution in [-0.4, -0.2) is 19.9 Å². The Morgan fingerprint density at radius 2 is 2.31 bits per heavy atom. The number of hydrogen-bond donors (Lipinski definition) is 1. The SMILES string of the molecule is CCC(N)c1noc(-c2cc(C)nn2C)n1. The molecule has 86 valence electrons. The summed E-state index contributed by atoms with van der Waals surface area (Å²) in [5, 5.41) is 8.08. The van der Waals surface area contributed by atoms with Gasteiger partial charge in [-0.3, -0.25) is 4.68 Å². The molecule has 6 heteroatoms. The molecule has 6 nitrogen and oxygen atoms in total. The van der Waals surface area contributed by atoms with E-state index in [1.165, 1.54) is 0 Å². The zero-order valence-corrected chi connectivity index (χ0v) is 9.64. The van der Waals surface area contributed by atoms with E-state index >= 15 is 0 Å². The smallest absolute Gasteiger partial charge is 0.276 e. The van der Waals surface area contributed by atoms with Crippen LogP contribution >= 0.6 is 0 Å². The minimum atomic E-state index is -0.174. The number of rotatable bonds is 3. The van der Waals surface area contributed by atoms with Crippen LogP contribution in [0.1, 0.15) is 30.9 Å². The van der Waals surface area contributed by atoms with Crippen LogP contribution in [0.5, 0.6) is 0 Å². The Hall–Kier alpha value is -1.69. The molecule has 2 heterocycles. The third kappa shape index (κ3) is 1.83. The van der Waals surface area contributed by atoms with E-state index in [4.69, 9.17) is 10.3 Å². The molecule has 0 radical (unpaired) electrons. The highest BCUT2D eigenvalue weighted by Gasteiger charge is 2.16. The van der Waals surface area contributed by atoms with Crippen molar-refractivity contribution in [2.75, 3.05) is 0 Å². The molecule has 16 heavy (non-hydrogen) atoms. The summed E-state index contributed by atoms with van der Waals surface area (Å²) in [5.41, 5.74) is 7.54. The molecule has 2 N–H and O–H groups in total. The van der Waals surface area contributed by atoms with Gasteiger partial charge in [-0.15, -0.1) is 0 Å². The van der Waals surface area contributed by atoms with Crippen molar-refractivity contribution in [3.8, 4) is 11.6 Å². The summed E-state index contributed by atoms with van der Waals surface area (Å²) < 4.78 is 6.88. The van der Waals surface area contributed by atoms with Crippen LogP contribution in [0.3, 0.4) is 0 Å². The normalized spacial score (nSPS) is 13.0. The van der Waals surface area contributed by atoms with E-state index in [0.717, 1.165) is 17.8 Å². The lowest BCUT2D eigenvalue weighted by molar-refractivity contribution is 0.412. The third-order valence-electron chi connectivity index (χ3n) is 2.43. The molecule has 0 amide bonds. The lowest BCUT2D eigenvalue weighted by Crippen LogP contribution is -2.10. The first-order valence-corrected chi connectivity index (χ1v) is 5.22. The van der Waals surface area contributed by atoms with Gasteiger partial charge in [0.25, 0.3) is 5.89 Å².